The number of carbonyl (C=O) groups excluding carboxylic acids is 2. The van der Waals surface area contributed by atoms with Crippen molar-refractivity contribution in [2.45, 2.75) is 88.8 Å². The van der Waals surface area contributed by atoms with Gasteiger partial charge in [0.25, 0.3) is 0 Å². The SMILES string of the molecule is O=C(CCCN1CCC2(CC1)C(=O)N(Cc1ccccc1C(=O)O)CN2C1CCCCC1)C1=CC=CCC1. The van der Waals surface area contributed by atoms with Crippen LogP contribution in [0.25, 0.3) is 0 Å². The molecule has 0 bridgehead atoms. The Labute approximate surface area is 226 Å². The van der Waals surface area contributed by atoms with Crippen LogP contribution >= 0.6 is 0 Å². The minimum atomic E-state index is -0.950. The Morgan fingerprint density at radius 3 is 2.53 bits per heavy atom. The van der Waals surface area contributed by atoms with Crippen molar-refractivity contribution in [1.82, 2.24) is 14.7 Å². The van der Waals surface area contributed by atoms with Crippen molar-refractivity contribution in [2.75, 3.05) is 26.3 Å². The van der Waals surface area contributed by atoms with Crippen LogP contribution in [0.1, 0.15) is 86.6 Å². The Bertz CT molecular complexity index is 1100. The summed E-state index contributed by atoms with van der Waals surface area (Å²) in [5, 5.41) is 9.67. The predicted molar refractivity (Wildman–Crippen MR) is 147 cm³/mol. The standard InChI is InChI=1S/C31H41N3O4/c35-28(24-10-3-1-4-11-24)16-9-19-32-20-17-31(18-21-32)30(38)33(23-34(31)26-13-5-2-6-14-26)22-25-12-7-8-15-27(25)29(36)37/h1,3,7-8,10,12,15,26H,2,4-6,9,11,13-14,16-23H2,(H,36,37). The number of ketones is 1. The molecule has 2 saturated heterocycles. The monoisotopic (exact) mass is 519 g/mol. The molecular formula is C31H41N3O4. The van der Waals surface area contributed by atoms with Crippen LogP contribution in [0.4, 0.5) is 0 Å². The van der Waals surface area contributed by atoms with E-state index in [1.807, 2.05) is 29.2 Å². The van der Waals surface area contributed by atoms with Gasteiger partial charge in [-0.15, -0.1) is 0 Å². The van der Waals surface area contributed by atoms with Gasteiger partial charge in [0.1, 0.15) is 5.54 Å². The molecule has 0 unspecified atom stereocenters. The van der Waals surface area contributed by atoms with Crippen molar-refractivity contribution in [3.8, 4) is 0 Å². The van der Waals surface area contributed by atoms with Crippen molar-refractivity contribution >= 4 is 17.7 Å². The fourth-order valence-corrected chi connectivity index (χ4v) is 6.96. The Morgan fingerprint density at radius 1 is 1.05 bits per heavy atom. The normalized spacial score (nSPS) is 22.7. The van der Waals surface area contributed by atoms with Gasteiger partial charge in [0.15, 0.2) is 5.78 Å². The molecule has 2 aliphatic carbocycles. The van der Waals surface area contributed by atoms with E-state index in [4.69, 9.17) is 0 Å². The molecule has 7 nitrogen and oxygen atoms in total. The smallest absolute Gasteiger partial charge is 0.336 e. The first-order chi connectivity index (χ1) is 18.5. The third kappa shape index (κ3) is 5.64. The summed E-state index contributed by atoms with van der Waals surface area (Å²) < 4.78 is 0. The van der Waals surface area contributed by atoms with Gasteiger partial charge < -0.3 is 14.9 Å². The summed E-state index contributed by atoms with van der Waals surface area (Å²) in [5.41, 5.74) is 1.43. The number of amides is 1. The summed E-state index contributed by atoms with van der Waals surface area (Å²) in [5.74, 6) is -0.515. The quantitative estimate of drug-likeness (QED) is 0.506. The fourth-order valence-electron chi connectivity index (χ4n) is 6.96. The largest absolute Gasteiger partial charge is 0.478 e. The van der Waals surface area contributed by atoms with Crippen LogP contribution in [0, 0.1) is 0 Å². The highest BCUT2D eigenvalue weighted by Gasteiger charge is 2.55. The van der Waals surface area contributed by atoms with Gasteiger partial charge in [-0.25, -0.2) is 4.79 Å². The highest BCUT2D eigenvalue weighted by Crippen LogP contribution is 2.41. The lowest BCUT2D eigenvalue weighted by atomic mass is 9.82. The molecule has 5 rings (SSSR count). The lowest BCUT2D eigenvalue weighted by molar-refractivity contribution is -0.137. The number of hydrogen-bond acceptors (Lipinski definition) is 5. The number of benzene rings is 1. The zero-order valence-corrected chi connectivity index (χ0v) is 22.4. The van der Waals surface area contributed by atoms with Gasteiger partial charge >= 0.3 is 5.97 Å². The maximum atomic E-state index is 14.1. The molecule has 1 aromatic carbocycles. The van der Waals surface area contributed by atoms with Gasteiger partial charge in [0, 0.05) is 32.1 Å². The number of likely N-dealkylation sites (tertiary alicyclic amines) is 1. The summed E-state index contributed by atoms with van der Waals surface area (Å²) >= 11 is 0. The topological polar surface area (TPSA) is 81.2 Å². The fraction of sp³-hybridized carbons (Fsp3) is 0.581. The van der Waals surface area contributed by atoms with E-state index in [1.165, 1.54) is 19.3 Å². The molecule has 1 amide bonds. The molecule has 1 aromatic rings. The van der Waals surface area contributed by atoms with E-state index in [0.29, 0.717) is 31.2 Å². The Kier molecular flexibility index (Phi) is 8.44. The van der Waals surface area contributed by atoms with Crippen LogP contribution in [0.2, 0.25) is 0 Å². The van der Waals surface area contributed by atoms with Crippen molar-refractivity contribution in [3.63, 3.8) is 0 Å². The lowest BCUT2D eigenvalue weighted by Gasteiger charge is -2.46. The molecule has 4 aliphatic rings. The molecule has 1 N–H and O–H groups in total. The second kappa shape index (κ2) is 12.0. The second-order valence-corrected chi connectivity index (χ2v) is 11.4. The van der Waals surface area contributed by atoms with Gasteiger partial charge in [-0.3, -0.25) is 14.5 Å². The summed E-state index contributed by atoms with van der Waals surface area (Å²) in [6, 6.07) is 7.45. The van der Waals surface area contributed by atoms with Crippen molar-refractivity contribution < 1.29 is 19.5 Å². The highest BCUT2D eigenvalue weighted by molar-refractivity contribution is 5.95. The molecular weight excluding hydrogens is 478 g/mol. The minimum Gasteiger partial charge on any atom is -0.478 e. The maximum Gasteiger partial charge on any atom is 0.336 e. The van der Waals surface area contributed by atoms with E-state index in [2.05, 4.69) is 15.9 Å². The van der Waals surface area contributed by atoms with E-state index in [9.17, 15) is 19.5 Å². The number of carbonyl (C=O) groups is 3. The molecule has 0 radical (unpaired) electrons. The number of carboxylic acids is 1. The van der Waals surface area contributed by atoms with E-state index in [-0.39, 0.29) is 17.3 Å². The van der Waals surface area contributed by atoms with Crippen LogP contribution in [-0.2, 0) is 16.1 Å². The van der Waals surface area contributed by atoms with E-state index in [0.717, 1.165) is 70.2 Å². The molecule has 0 atom stereocenters. The molecule has 2 aliphatic heterocycles. The molecule has 3 fully saturated rings. The zero-order chi connectivity index (χ0) is 26.5. The number of allylic oxidation sites excluding steroid dienone is 4. The van der Waals surface area contributed by atoms with E-state index in [1.54, 1.807) is 12.1 Å². The van der Waals surface area contributed by atoms with Gasteiger partial charge in [0.05, 0.1) is 12.2 Å². The number of Topliss-reactive ketones (excluding diaryl/α,β-unsaturated/α-hetero) is 1. The molecule has 2 heterocycles. The molecule has 1 spiro atoms. The van der Waals surface area contributed by atoms with Crippen molar-refractivity contribution in [1.29, 1.82) is 0 Å². The van der Waals surface area contributed by atoms with Gasteiger partial charge in [-0.2, -0.15) is 0 Å². The number of aromatic carboxylic acids is 1. The van der Waals surface area contributed by atoms with Crippen LogP contribution in [-0.4, -0.2) is 75.3 Å². The molecule has 0 aromatic heterocycles. The number of hydrogen-bond donors (Lipinski definition) is 1. The minimum absolute atomic E-state index is 0.162. The lowest BCUT2D eigenvalue weighted by Crippen LogP contribution is -2.59. The third-order valence-corrected chi connectivity index (χ3v) is 9.12. The van der Waals surface area contributed by atoms with Crippen molar-refractivity contribution in [3.05, 3.63) is 59.2 Å². The summed E-state index contributed by atoms with van der Waals surface area (Å²) in [6.45, 7) is 3.51. The van der Waals surface area contributed by atoms with Gasteiger partial charge in [0.2, 0.25) is 5.91 Å². The Hall–Kier alpha value is -2.77. The van der Waals surface area contributed by atoms with Crippen LogP contribution in [0.5, 0.6) is 0 Å². The average molecular weight is 520 g/mol. The maximum absolute atomic E-state index is 14.1. The highest BCUT2D eigenvalue weighted by atomic mass is 16.4. The van der Waals surface area contributed by atoms with Gasteiger partial charge in [-0.1, -0.05) is 55.7 Å². The van der Waals surface area contributed by atoms with Gasteiger partial charge in [-0.05, 0) is 68.7 Å². The molecule has 38 heavy (non-hydrogen) atoms. The van der Waals surface area contributed by atoms with Crippen LogP contribution in [0.15, 0.2) is 48.1 Å². The van der Waals surface area contributed by atoms with Crippen LogP contribution in [0.3, 0.4) is 0 Å². The van der Waals surface area contributed by atoms with E-state index >= 15 is 0 Å². The number of nitrogens with zero attached hydrogens (tertiary/aromatic N) is 3. The number of piperidine rings is 1. The molecule has 204 valence electrons. The Balaban J connectivity index is 1.24. The first-order valence-electron chi connectivity index (χ1n) is 14.5. The number of rotatable bonds is 9. The summed E-state index contributed by atoms with van der Waals surface area (Å²) in [4.78, 5) is 45.2. The first kappa shape index (κ1) is 26.8. The van der Waals surface area contributed by atoms with Crippen LogP contribution < -0.4 is 0 Å². The zero-order valence-electron chi connectivity index (χ0n) is 22.4. The second-order valence-electron chi connectivity index (χ2n) is 11.4. The first-order valence-corrected chi connectivity index (χ1v) is 14.5. The summed E-state index contributed by atoms with van der Waals surface area (Å²) in [6.07, 6.45) is 16.8. The average Bonchev–Trinajstić information content (AvgIpc) is 3.21. The predicted octanol–water partition coefficient (Wildman–Crippen LogP) is 4.78. The van der Waals surface area contributed by atoms with E-state index < -0.39 is 11.5 Å². The number of carboxylic acid groups (broad SMARTS) is 1. The molecule has 7 heteroatoms. The summed E-state index contributed by atoms with van der Waals surface area (Å²) in [7, 11) is 0. The molecule has 1 saturated carbocycles. The third-order valence-electron chi connectivity index (χ3n) is 9.12. The Morgan fingerprint density at radius 2 is 1.82 bits per heavy atom. The van der Waals surface area contributed by atoms with Crippen molar-refractivity contribution in [2.24, 2.45) is 0 Å².